The molecule has 1 heterocycles. The van der Waals surface area contributed by atoms with Crippen LogP contribution in [0.4, 0.5) is 23.0 Å². The van der Waals surface area contributed by atoms with Crippen LogP contribution >= 0.6 is 0 Å². The molecule has 0 fully saturated rings. The molecule has 0 amide bonds. The van der Waals surface area contributed by atoms with E-state index in [0.29, 0.717) is 6.61 Å². The van der Waals surface area contributed by atoms with E-state index in [1.165, 1.54) is 11.9 Å². The van der Waals surface area contributed by atoms with Crippen molar-refractivity contribution in [2.24, 2.45) is 0 Å². The quantitative estimate of drug-likeness (QED) is 0.489. The maximum atomic E-state index is 11.6. The molecule has 0 spiro atoms. The molecule has 1 aromatic heterocycles. The van der Waals surface area contributed by atoms with Gasteiger partial charge in [-0.2, -0.15) is 0 Å². The Balaban J connectivity index is 2.21. The third kappa shape index (κ3) is 5.38. The monoisotopic (exact) mass is 359 g/mol. The zero-order chi connectivity index (χ0) is 18.9. The number of anilines is 3. The fraction of sp³-hybridized carbons (Fsp3) is 0.444. The molecule has 26 heavy (non-hydrogen) atoms. The molecular weight excluding hydrogens is 334 g/mol. The molecule has 2 N–H and O–H groups in total. The normalized spacial score (nSPS) is 11.8. The lowest BCUT2D eigenvalue weighted by molar-refractivity contribution is -0.383. The van der Waals surface area contributed by atoms with Gasteiger partial charge < -0.3 is 15.4 Å². The Labute approximate surface area is 153 Å². The van der Waals surface area contributed by atoms with Gasteiger partial charge in [-0.1, -0.05) is 25.5 Å². The number of aryl methyl sites for hydroxylation is 1. The molecular formula is C18H25N5O3. The summed E-state index contributed by atoms with van der Waals surface area (Å²) in [5, 5.41) is 17.6. The predicted octanol–water partition coefficient (Wildman–Crippen LogP) is 3.92. The molecule has 1 aromatic carbocycles. The third-order valence-electron chi connectivity index (χ3n) is 3.84. The van der Waals surface area contributed by atoms with Crippen molar-refractivity contribution < 1.29 is 9.66 Å². The van der Waals surface area contributed by atoms with E-state index in [9.17, 15) is 10.1 Å². The number of nitrogens with one attached hydrogen (secondary N) is 2. The number of nitro groups is 1. The minimum atomic E-state index is -0.486. The number of hydrogen-bond acceptors (Lipinski definition) is 7. The molecule has 140 valence electrons. The van der Waals surface area contributed by atoms with Crippen LogP contribution in [0.25, 0.3) is 0 Å². The van der Waals surface area contributed by atoms with Crippen LogP contribution in [-0.4, -0.2) is 34.6 Å². The van der Waals surface area contributed by atoms with E-state index in [1.807, 2.05) is 31.2 Å². The molecule has 2 rings (SSSR count). The molecule has 0 saturated carbocycles. The van der Waals surface area contributed by atoms with Gasteiger partial charge in [0.15, 0.2) is 0 Å². The summed E-state index contributed by atoms with van der Waals surface area (Å²) in [4.78, 5) is 19.1. The highest BCUT2D eigenvalue weighted by atomic mass is 16.6. The van der Waals surface area contributed by atoms with Crippen LogP contribution in [0.15, 0.2) is 30.6 Å². The number of nitrogens with zero attached hydrogens (tertiary/aromatic N) is 3. The van der Waals surface area contributed by atoms with Gasteiger partial charge in [0.25, 0.3) is 0 Å². The van der Waals surface area contributed by atoms with Crippen molar-refractivity contribution in [3.05, 3.63) is 46.3 Å². The van der Waals surface area contributed by atoms with E-state index in [0.717, 1.165) is 24.9 Å². The zero-order valence-electron chi connectivity index (χ0n) is 15.4. The predicted molar refractivity (Wildman–Crippen MR) is 102 cm³/mol. The molecule has 2 aromatic rings. The molecule has 8 nitrogen and oxygen atoms in total. The summed E-state index contributed by atoms with van der Waals surface area (Å²) in [6.45, 7) is 4.42. The summed E-state index contributed by atoms with van der Waals surface area (Å²) < 4.78 is 5.05. The molecule has 0 saturated heterocycles. The van der Waals surface area contributed by atoms with Gasteiger partial charge in [0.2, 0.25) is 11.6 Å². The average molecular weight is 359 g/mol. The number of rotatable bonds is 10. The molecule has 0 radical (unpaired) electrons. The van der Waals surface area contributed by atoms with E-state index in [2.05, 4.69) is 27.5 Å². The van der Waals surface area contributed by atoms with E-state index in [1.54, 1.807) is 7.11 Å². The number of methoxy groups -OCH3 is 1. The third-order valence-corrected chi connectivity index (χ3v) is 3.84. The van der Waals surface area contributed by atoms with Gasteiger partial charge in [0.05, 0.1) is 11.5 Å². The Hall–Kier alpha value is -2.74. The van der Waals surface area contributed by atoms with Crippen LogP contribution in [-0.2, 0) is 11.2 Å². The van der Waals surface area contributed by atoms with Crippen molar-refractivity contribution in [1.29, 1.82) is 0 Å². The second-order valence-corrected chi connectivity index (χ2v) is 6.10. The summed E-state index contributed by atoms with van der Waals surface area (Å²) in [6, 6.07) is 7.71. The maximum absolute atomic E-state index is 11.6. The highest BCUT2D eigenvalue weighted by Gasteiger charge is 2.24. The van der Waals surface area contributed by atoms with Crippen molar-refractivity contribution in [2.75, 3.05) is 24.4 Å². The summed E-state index contributed by atoms with van der Waals surface area (Å²) in [5.74, 6) is 0.315. The fourth-order valence-corrected chi connectivity index (χ4v) is 2.55. The second kappa shape index (κ2) is 9.67. The van der Waals surface area contributed by atoms with Gasteiger partial charge in [0.1, 0.15) is 6.33 Å². The fourth-order valence-electron chi connectivity index (χ4n) is 2.55. The standard InChI is InChI=1S/C18H25N5O3/c1-4-5-6-14-7-9-15(10-8-14)22-18-16(23(24)25)17(19-12-20-18)21-13(2)11-26-3/h7-10,12-13H,4-6,11H2,1-3H3,(H2,19,20,21,22). The van der Waals surface area contributed by atoms with Crippen LogP contribution < -0.4 is 10.6 Å². The maximum Gasteiger partial charge on any atom is 0.353 e. The Morgan fingerprint density at radius 2 is 1.92 bits per heavy atom. The molecule has 0 aliphatic heterocycles. The number of aromatic nitrogens is 2. The summed E-state index contributed by atoms with van der Waals surface area (Å²) in [7, 11) is 1.57. The first-order valence-corrected chi connectivity index (χ1v) is 8.66. The molecule has 8 heteroatoms. The van der Waals surface area contributed by atoms with Gasteiger partial charge in [-0.25, -0.2) is 9.97 Å². The smallest absolute Gasteiger partial charge is 0.353 e. The summed E-state index contributed by atoms with van der Waals surface area (Å²) in [6.07, 6.45) is 4.60. The SMILES string of the molecule is CCCCc1ccc(Nc2ncnc(NC(C)COC)c2[N+](=O)[O-])cc1. The number of hydrogen-bond donors (Lipinski definition) is 2. The Morgan fingerprint density at radius 3 is 2.54 bits per heavy atom. The highest BCUT2D eigenvalue weighted by molar-refractivity contribution is 5.73. The van der Waals surface area contributed by atoms with Gasteiger partial charge in [-0.15, -0.1) is 0 Å². The van der Waals surface area contributed by atoms with E-state index in [-0.39, 0.29) is 23.4 Å². The lowest BCUT2D eigenvalue weighted by atomic mass is 10.1. The molecule has 0 aliphatic rings. The minimum Gasteiger partial charge on any atom is -0.383 e. The molecule has 1 unspecified atom stereocenters. The second-order valence-electron chi connectivity index (χ2n) is 6.10. The van der Waals surface area contributed by atoms with Crippen molar-refractivity contribution in [3.8, 4) is 0 Å². The first kappa shape index (κ1) is 19.6. The van der Waals surface area contributed by atoms with Crippen LogP contribution in [0, 0.1) is 10.1 Å². The lowest BCUT2D eigenvalue weighted by Gasteiger charge is -2.14. The van der Waals surface area contributed by atoms with E-state index in [4.69, 9.17) is 4.74 Å². The first-order chi connectivity index (χ1) is 12.5. The van der Waals surface area contributed by atoms with Crippen molar-refractivity contribution in [3.63, 3.8) is 0 Å². The van der Waals surface area contributed by atoms with Gasteiger partial charge >= 0.3 is 5.69 Å². The van der Waals surface area contributed by atoms with Crippen LogP contribution in [0.2, 0.25) is 0 Å². The molecule has 0 bridgehead atoms. The largest absolute Gasteiger partial charge is 0.383 e. The van der Waals surface area contributed by atoms with Gasteiger partial charge in [-0.05, 0) is 37.5 Å². The Bertz CT molecular complexity index is 721. The Kier molecular flexibility index (Phi) is 7.28. The van der Waals surface area contributed by atoms with Crippen LogP contribution in [0.3, 0.4) is 0 Å². The highest BCUT2D eigenvalue weighted by Crippen LogP contribution is 2.31. The van der Waals surface area contributed by atoms with Crippen LogP contribution in [0.5, 0.6) is 0 Å². The molecule has 1 atom stereocenters. The average Bonchev–Trinajstić information content (AvgIpc) is 2.61. The zero-order valence-corrected chi connectivity index (χ0v) is 15.4. The van der Waals surface area contributed by atoms with E-state index < -0.39 is 4.92 Å². The lowest BCUT2D eigenvalue weighted by Crippen LogP contribution is -2.22. The first-order valence-electron chi connectivity index (χ1n) is 8.66. The number of ether oxygens (including phenoxy) is 1. The van der Waals surface area contributed by atoms with Crippen molar-refractivity contribution in [2.45, 2.75) is 39.2 Å². The summed E-state index contributed by atoms with van der Waals surface area (Å²) in [5.41, 5.74) is 1.79. The number of benzene rings is 1. The van der Waals surface area contributed by atoms with Crippen LogP contribution in [0.1, 0.15) is 32.3 Å². The van der Waals surface area contributed by atoms with Gasteiger partial charge in [0, 0.05) is 18.8 Å². The van der Waals surface area contributed by atoms with Gasteiger partial charge in [-0.3, -0.25) is 10.1 Å². The van der Waals surface area contributed by atoms with Crippen molar-refractivity contribution in [1.82, 2.24) is 9.97 Å². The Morgan fingerprint density at radius 1 is 1.23 bits per heavy atom. The summed E-state index contributed by atoms with van der Waals surface area (Å²) >= 11 is 0. The van der Waals surface area contributed by atoms with E-state index >= 15 is 0 Å². The molecule has 0 aliphatic carbocycles. The topological polar surface area (TPSA) is 102 Å². The number of unbranched alkanes of at least 4 members (excludes halogenated alkanes) is 1. The minimum absolute atomic E-state index is 0.126. The van der Waals surface area contributed by atoms with Crippen molar-refractivity contribution >= 4 is 23.0 Å².